The molecule has 0 aliphatic rings. The standard InChI is InChI=1S/C14H10ClFN4O3S/c15-8-1-6-12(20(22)23)11(7-8)13(21)18-19-14(24)17-10-4-2-9(16)3-5-10/h1-7H,(H,18,21)(H2,17,19,24). The number of halogens is 2. The van der Waals surface area contributed by atoms with Crippen LogP contribution in [-0.2, 0) is 0 Å². The summed E-state index contributed by atoms with van der Waals surface area (Å²) in [6.07, 6.45) is 0. The van der Waals surface area contributed by atoms with E-state index in [0.717, 1.165) is 6.07 Å². The van der Waals surface area contributed by atoms with Crippen LogP contribution in [0, 0.1) is 15.9 Å². The number of nitro groups is 1. The molecular weight excluding hydrogens is 359 g/mol. The van der Waals surface area contributed by atoms with Crippen LogP contribution in [0.2, 0.25) is 5.02 Å². The van der Waals surface area contributed by atoms with E-state index in [0.29, 0.717) is 5.69 Å². The van der Waals surface area contributed by atoms with Crippen LogP contribution in [0.3, 0.4) is 0 Å². The lowest BCUT2D eigenvalue weighted by Gasteiger charge is -2.11. The summed E-state index contributed by atoms with van der Waals surface area (Å²) >= 11 is 10.7. The summed E-state index contributed by atoms with van der Waals surface area (Å²) in [6.45, 7) is 0. The molecule has 0 bridgehead atoms. The van der Waals surface area contributed by atoms with Gasteiger partial charge in [-0.25, -0.2) is 4.39 Å². The number of carbonyl (C=O) groups is 1. The molecule has 0 spiro atoms. The van der Waals surface area contributed by atoms with E-state index in [1.807, 2.05) is 0 Å². The minimum Gasteiger partial charge on any atom is -0.331 e. The van der Waals surface area contributed by atoms with Gasteiger partial charge in [0.15, 0.2) is 5.11 Å². The van der Waals surface area contributed by atoms with Gasteiger partial charge in [0.25, 0.3) is 11.6 Å². The summed E-state index contributed by atoms with van der Waals surface area (Å²) in [7, 11) is 0. The van der Waals surface area contributed by atoms with Gasteiger partial charge >= 0.3 is 0 Å². The molecule has 7 nitrogen and oxygen atoms in total. The van der Waals surface area contributed by atoms with Gasteiger partial charge in [-0.1, -0.05) is 11.6 Å². The van der Waals surface area contributed by atoms with Crippen LogP contribution in [-0.4, -0.2) is 15.9 Å². The Kier molecular flexibility index (Phi) is 5.61. The van der Waals surface area contributed by atoms with Gasteiger partial charge in [-0.2, -0.15) is 0 Å². The van der Waals surface area contributed by atoms with Crippen molar-refractivity contribution in [3.63, 3.8) is 0 Å². The zero-order valence-electron chi connectivity index (χ0n) is 11.9. The highest BCUT2D eigenvalue weighted by Crippen LogP contribution is 2.22. The highest BCUT2D eigenvalue weighted by molar-refractivity contribution is 7.80. The lowest BCUT2D eigenvalue weighted by atomic mass is 10.2. The van der Waals surface area contributed by atoms with E-state index in [-0.39, 0.29) is 15.7 Å². The third-order valence-electron chi connectivity index (χ3n) is 2.79. The molecule has 0 heterocycles. The van der Waals surface area contributed by atoms with Crippen molar-refractivity contribution in [2.75, 3.05) is 5.32 Å². The van der Waals surface area contributed by atoms with E-state index in [4.69, 9.17) is 23.8 Å². The molecule has 10 heteroatoms. The number of thiocarbonyl (C=S) groups is 1. The van der Waals surface area contributed by atoms with Gasteiger partial charge in [0.2, 0.25) is 0 Å². The van der Waals surface area contributed by atoms with Crippen molar-refractivity contribution in [3.05, 3.63) is 69.0 Å². The molecule has 0 saturated heterocycles. The van der Waals surface area contributed by atoms with Gasteiger partial charge in [0, 0.05) is 16.8 Å². The fourth-order valence-electron chi connectivity index (χ4n) is 1.73. The Hall–Kier alpha value is -2.78. The van der Waals surface area contributed by atoms with E-state index in [2.05, 4.69) is 16.2 Å². The second-order valence-electron chi connectivity index (χ2n) is 4.46. The van der Waals surface area contributed by atoms with Crippen LogP contribution in [0.25, 0.3) is 0 Å². The van der Waals surface area contributed by atoms with E-state index in [9.17, 15) is 19.3 Å². The lowest BCUT2D eigenvalue weighted by Crippen LogP contribution is -2.43. The maximum atomic E-state index is 12.8. The molecule has 0 aromatic heterocycles. The van der Waals surface area contributed by atoms with Gasteiger partial charge < -0.3 is 5.32 Å². The number of anilines is 1. The Morgan fingerprint density at radius 1 is 1.17 bits per heavy atom. The first kappa shape index (κ1) is 17.6. The number of hydrogen-bond acceptors (Lipinski definition) is 4. The first-order chi connectivity index (χ1) is 11.4. The predicted octanol–water partition coefficient (Wildman–Crippen LogP) is 3.02. The van der Waals surface area contributed by atoms with E-state index in [1.165, 1.54) is 36.4 Å². The van der Waals surface area contributed by atoms with Crippen molar-refractivity contribution < 1.29 is 14.1 Å². The molecule has 2 aromatic rings. The van der Waals surface area contributed by atoms with Crippen molar-refractivity contribution in [1.29, 1.82) is 0 Å². The third kappa shape index (κ3) is 4.61. The number of benzene rings is 2. The molecule has 1 amide bonds. The minimum atomic E-state index is -0.785. The predicted molar refractivity (Wildman–Crippen MR) is 91.3 cm³/mol. The highest BCUT2D eigenvalue weighted by atomic mass is 35.5. The maximum Gasteiger partial charge on any atom is 0.282 e. The van der Waals surface area contributed by atoms with Crippen molar-refractivity contribution in [3.8, 4) is 0 Å². The Balaban J connectivity index is 2.00. The molecule has 3 N–H and O–H groups in total. The zero-order valence-corrected chi connectivity index (χ0v) is 13.5. The molecule has 0 aliphatic carbocycles. The van der Waals surface area contributed by atoms with Crippen LogP contribution in [0.1, 0.15) is 10.4 Å². The molecule has 0 saturated carbocycles. The quantitative estimate of drug-likeness (QED) is 0.438. The van der Waals surface area contributed by atoms with Crippen LogP contribution in [0.15, 0.2) is 42.5 Å². The molecule has 0 radical (unpaired) electrons. The number of nitrogens with zero attached hydrogens (tertiary/aromatic N) is 1. The fourth-order valence-corrected chi connectivity index (χ4v) is 2.07. The van der Waals surface area contributed by atoms with Crippen LogP contribution in [0.4, 0.5) is 15.8 Å². The Bertz CT molecular complexity index is 801. The average Bonchev–Trinajstić information content (AvgIpc) is 2.54. The Labute approximate surface area is 145 Å². The smallest absolute Gasteiger partial charge is 0.282 e. The molecular formula is C14H10ClFN4O3S. The van der Waals surface area contributed by atoms with Crippen molar-refractivity contribution in [1.82, 2.24) is 10.9 Å². The average molecular weight is 369 g/mol. The van der Waals surface area contributed by atoms with Gasteiger partial charge in [-0.05, 0) is 48.6 Å². The zero-order chi connectivity index (χ0) is 17.7. The molecule has 0 fully saturated rings. The second kappa shape index (κ2) is 7.66. The largest absolute Gasteiger partial charge is 0.331 e. The number of nitrogens with one attached hydrogen (secondary N) is 3. The summed E-state index contributed by atoms with van der Waals surface area (Å²) in [5, 5.41) is 13.8. The van der Waals surface area contributed by atoms with Gasteiger partial charge in [-0.3, -0.25) is 25.8 Å². The van der Waals surface area contributed by atoms with Gasteiger partial charge in [-0.15, -0.1) is 0 Å². The van der Waals surface area contributed by atoms with Crippen molar-refractivity contribution in [2.45, 2.75) is 0 Å². The Morgan fingerprint density at radius 2 is 1.83 bits per heavy atom. The van der Waals surface area contributed by atoms with E-state index >= 15 is 0 Å². The molecule has 0 unspecified atom stereocenters. The molecule has 0 aliphatic heterocycles. The number of amides is 1. The van der Waals surface area contributed by atoms with E-state index < -0.39 is 22.3 Å². The Morgan fingerprint density at radius 3 is 2.46 bits per heavy atom. The number of hydrogen-bond donors (Lipinski definition) is 3. The van der Waals surface area contributed by atoms with Crippen molar-refractivity contribution in [2.24, 2.45) is 0 Å². The number of hydrazine groups is 1. The normalized spacial score (nSPS) is 9.92. The topological polar surface area (TPSA) is 96.3 Å². The number of rotatable bonds is 3. The summed E-state index contributed by atoms with van der Waals surface area (Å²) in [4.78, 5) is 22.3. The van der Waals surface area contributed by atoms with Crippen LogP contribution >= 0.6 is 23.8 Å². The first-order valence-electron chi connectivity index (χ1n) is 6.43. The monoisotopic (exact) mass is 368 g/mol. The number of nitro benzene ring substituents is 1. The molecule has 2 rings (SSSR count). The summed E-state index contributed by atoms with van der Waals surface area (Å²) < 4.78 is 12.8. The van der Waals surface area contributed by atoms with Gasteiger partial charge in [0.05, 0.1) is 4.92 Å². The second-order valence-corrected chi connectivity index (χ2v) is 5.30. The van der Waals surface area contributed by atoms with Crippen molar-refractivity contribution >= 4 is 46.2 Å². The van der Waals surface area contributed by atoms with E-state index in [1.54, 1.807) is 0 Å². The summed E-state index contributed by atoms with van der Waals surface area (Å²) in [5.41, 5.74) is 4.50. The molecule has 24 heavy (non-hydrogen) atoms. The first-order valence-corrected chi connectivity index (χ1v) is 7.22. The fraction of sp³-hybridized carbons (Fsp3) is 0. The molecule has 2 aromatic carbocycles. The third-order valence-corrected chi connectivity index (χ3v) is 3.23. The molecule has 124 valence electrons. The van der Waals surface area contributed by atoms with Crippen LogP contribution < -0.4 is 16.2 Å². The summed E-state index contributed by atoms with van der Waals surface area (Å²) in [5.74, 6) is -1.19. The number of carbonyl (C=O) groups excluding carboxylic acids is 1. The highest BCUT2D eigenvalue weighted by Gasteiger charge is 2.20. The van der Waals surface area contributed by atoms with Crippen LogP contribution in [0.5, 0.6) is 0 Å². The van der Waals surface area contributed by atoms with Gasteiger partial charge in [0.1, 0.15) is 11.4 Å². The SMILES string of the molecule is O=C(NNC(=S)Nc1ccc(F)cc1)c1cc(Cl)ccc1[N+](=O)[O-]. The summed E-state index contributed by atoms with van der Waals surface area (Å²) in [6, 6.07) is 8.99. The lowest BCUT2D eigenvalue weighted by molar-refractivity contribution is -0.385. The maximum absolute atomic E-state index is 12.8. The molecule has 0 atom stereocenters. The minimum absolute atomic E-state index is 0.0136.